The van der Waals surface area contributed by atoms with Crippen molar-refractivity contribution in [2.75, 3.05) is 0 Å². The van der Waals surface area contributed by atoms with Crippen LogP contribution in [0.25, 0.3) is 5.57 Å². The zero-order chi connectivity index (χ0) is 9.59. The molecule has 0 saturated heterocycles. The van der Waals surface area contributed by atoms with E-state index in [1.807, 2.05) is 0 Å². The second kappa shape index (κ2) is 2.73. The zero-order valence-electron chi connectivity index (χ0n) is 8.73. The van der Waals surface area contributed by atoms with E-state index in [9.17, 15) is 0 Å². The molecule has 2 rings (SSSR count). The van der Waals surface area contributed by atoms with Gasteiger partial charge >= 0.3 is 0 Å². The maximum atomic E-state index is 2.22. The molecule has 0 N–H and O–H groups in total. The maximum Gasteiger partial charge on any atom is 0.0274 e. The average molecular weight is 171 g/mol. The molecule has 0 fully saturated rings. The van der Waals surface area contributed by atoms with E-state index in [1.54, 1.807) is 0 Å². The predicted molar refractivity (Wildman–Crippen MR) is 57.5 cm³/mol. The van der Waals surface area contributed by atoms with Gasteiger partial charge in [-0.05, 0) is 43.0 Å². The molecule has 0 atom stereocenters. The topological polar surface area (TPSA) is 0 Å². The van der Waals surface area contributed by atoms with Crippen molar-refractivity contribution in [2.45, 2.75) is 27.7 Å². The molecule has 1 aromatic carbocycles. The van der Waals surface area contributed by atoms with Crippen molar-refractivity contribution in [3.05, 3.63) is 46.4 Å². The van der Waals surface area contributed by atoms with Crippen LogP contribution in [0.2, 0.25) is 0 Å². The molecule has 1 aliphatic carbocycles. The molecule has 0 heterocycles. The third kappa shape index (κ3) is 1.05. The minimum Gasteiger partial charge on any atom is -0.0617 e. The molecule has 1 radical (unpaired) electrons. The van der Waals surface area contributed by atoms with Crippen LogP contribution in [0.1, 0.15) is 37.5 Å². The van der Waals surface area contributed by atoms with Crippen molar-refractivity contribution < 1.29 is 0 Å². The second-order valence-electron chi connectivity index (χ2n) is 3.87. The number of aryl methyl sites for hydroxylation is 1. The Bertz CT molecular complexity index is 383. The lowest BCUT2D eigenvalue weighted by atomic mass is 9.97. The molecule has 0 amide bonds. The first-order chi connectivity index (χ1) is 6.13. The van der Waals surface area contributed by atoms with E-state index < -0.39 is 0 Å². The molecule has 0 heteroatoms. The third-order valence-corrected chi connectivity index (χ3v) is 3.18. The summed E-state index contributed by atoms with van der Waals surface area (Å²) in [5.41, 5.74) is 7.17. The van der Waals surface area contributed by atoms with Gasteiger partial charge < -0.3 is 0 Å². The van der Waals surface area contributed by atoms with Crippen molar-refractivity contribution >= 4 is 5.57 Å². The molecule has 0 spiro atoms. The summed E-state index contributed by atoms with van der Waals surface area (Å²) in [5.74, 6) is 1.44. The van der Waals surface area contributed by atoms with Crippen LogP contribution in [0.3, 0.4) is 0 Å². The molecule has 13 heavy (non-hydrogen) atoms. The number of fused-ring (bicyclic) bond motifs is 1. The van der Waals surface area contributed by atoms with E-state index in [4.69, 9.17) is 0 Å². The minimum atomic E-state index is 1.39. The Morgan fingerprint density at radius 2 is 1.54 bits per heavy atom. The summed E-state index contributed by atoms with van der Waals surface area (Å²) in [7, 11) is 0. The number of hydrogen-bond donors (Lipinski definition) is 0. The molecule has 67 valence electrons. The highest BCUT2D eigenvalue weighted by molar-refractivity contribution is 5.83. The quantitative estimate of drug-likeness (QED) is 0.557. The van der Waals surface area contributed by atoms with Crippen molar-refractivity contribution in [2.24, 2.45) is 0 Å². The molecule has 0 nitrogen and oxygen atoms in total. The zero-order valence-corrected chi connectivity index (χ0v) is 8.73. The smallest absolute Gasteiger partial charge is 0.0274 e. The fourth-order valence-electron chi connectivity index (χ4n) is 2.15. The number of allylic oxidation sites excluding steroid dienone is 2. The molecule has 0 aliphatic heterocycles. The molecule has 0 bridgehead atoms. The van der Waals surface area contributed by atoms with Gasteiger partial charge in [0.15, 0.2) is 0 Å². The Hall–Kier alpha value is -1.04. The first kappa shape index (κ1) is 8.55. The third-order valence-electron chi connectivity index (χ3n) is 3.18. The van der Waals surface area contributed by atoms with Gasteiger partial charge in [-0.15, -0.1) is 0 Å². The highest BCUT2D eigenvalue weighted by Gasteiger charge is 2.23. The number of benzene rings is 1. The van der Waals surface area contributed by atoms with Gasteiger partial charge in [0.05, 0.1) is 0 Å². The second-order valence-corrected chi connectivity index (χ2v) is 3.87. The molecule has 1 aliphatic rings. The normalized spacial score (nSPS) is 16.6. The van der Waals surface area contributed by atoms with Crippen LogP contribution in [0.4, 0.5) is 0 Å². The highest BCUT2D eigenvalue weighted by Crippen LogP contribution is 2.41. The van der Waals surface area contributed by atoms with E-state index in [2.05, 4.69) is 45.9 Å². The average Bonchev–Trinajstić information content (AvgIpc) is 2.33. The highest BCUT2D eigenvalue weighted by atomic mass is 14.3. The largest absolute Gasteiger partial charge is 0.0617 e. The van der Waals surface area contributed by atoms with Gasteiger partial charge in [0, 0.05) is 5.92 Å². The Kier molecular flexibility index (Phi) is 1.80. The van der Waals surface area contributed by atoms with Crippen molar-refractivity contribution in [1.29, 1.82) is 0 Å². The van der Waals surface area contributed by atoms with Crippen LogP contribution in [-0.2, 0) is 0 Å². The fourth-order valence-corrected chi connectivity index (χ4v) is 2.15. The van der Waals surface area contributed by atoms with Crippen molar-refractivity contribution in [3.63, 3.8) is 0 Å². The summed E-state index contributed by atoms with van der Waals surface area (Å²) in [6, 6.07) is 6.55. The van der Waals surface area contributed by atoms with E-state index in [-0.39, 0.29) is 0 Å². The van der Waals surface area contributed by atoms with Gasteiger partial charge in [-0.25, -0.2) is 0 Å². The molecule has 0 saturated carbocycles. The molecule has 1 aromatic rings. The van der Waals surface area contributed by atoms with Crippen LogP contribution in [0, 0.1) is 12.8 Å². The summed E-state index contributed by atoms with van der Waals surface area (Å²) in [5, 5.41) is 0. The fraction of sp³-hybridized carbons (Fsp3) is 0.308. The Balaban J connectivity index is 2.72. The van der Waals surface area contributed by atoms with Crippen LogP contribution in [0.15, 0.2) is 23.8 Å². The lowest BCUT2D eigenvalue weighted by Gasteiger charge is -2.07. The van der Waals surface area contributed by atoms with Crippen molar-refractivity contribution in [1.82, 2.24) is 0 Å². The summed E-state index contributed by atoms with van der Waals surface area (Å²) in [4.78, 5) is 0. The number of hydrogen-bond acceptors (Lipinski definition) is 0. The monoisotopic (exact) mass is 171 g/mol. The Morgan fingerprint density at radius 1 is 0.846 bits per heavy atom. The van der Waals surface area contributed by atoms with Gasteiger partial charge in [-0.1, -0.05) is 30.7 Å². The minimum absolute atomic E-state index is 1.39. The number of rotatable bonds is 0. The van der Waals surface area contributed by atoms with Crippen LogP contribution in [-0.4, -0.2) is 0 Å². The molecule has 0 aromatic heterocycles. The van der Waals surface area contributed by atoms with Gasteiger partial charge in [0.1, 0.15) is 0 Å². The van der Waals surface area contributed by atoms with Gasteiger partial charge in [0.25, 0.3) is 0 Å². The lowest BCUT2D eigenvalue weighted by Crippen LogP contribution is -1.92. The lowest BCUT2D eigenvalue weighted by molar-refractivity contribution is 1.18. The summed E-state index contributed by atoms with van der Waals surface area (Å²) in [6.07, 6.45) is 0. The summed E-state index contributed by atoms with van der Waals surface area (Å²) in [6.45, 7) is 8.83. The molecular weight excluding hydrogens is 156 g/mol. The van der Waals surface area contributed by atoms with Gasteiger partial charge in [-0.3, -0.25) is 0 Å². The Labute approximate surface area is 80.3 Å². The van der Waals surface area contributed by atoms with E-state index >= 15 is 0 Å². The van der Waals surface area contributed by atoms with E-state index in [0.717, 1.165) is 0 Å². The Morgan fingerprint density at radius 3 is 2.15 bits per heavy atom. The maximum absolute atomic E-state index is 2.22. The van der Waals surface area contributed by atoms with Gasteiger partial charge in [-0.2, -0.15) is 0 Å². The molecule has 0 unspecified atom stereocenters. The summed E-state index contributed by atoms with van der Waals surface area (Å²) < 4.78 is 0. The van der Waals surface area contributed by atoms with Gasteiger partial charge in [0.2, 0.25) is 0 Å². The van der Waals surface area contributed by atoms with E-state index in [1.165, 1.54) is 33.8 Å². The first-order valence-electron chi connectivity index (χ1n) is 4.74. The van der Waals surface area contributed by atoms with E-state index in [0.29, 0.717) is 0 Å². The SMILES string of the molecule is C[C]1C(C)=C(C)c2c(C)cccc21. The van der Waals surface area contributed by atoms with Crippen LogP contribution < -0.4 is 0 Å². The standard InChI is InChI=1S/C13H15/c1-8-6-5-7-12-10(3)9(2)11(4)13(8)12/h5-7H,1-4H3. The molecular formula is C13H15. The van der Waals surface area contributed by atoms with Crippen molar-refractivity contribution in [3.8, 4) is 0 Å². The van der Waals surface area contributed by atoms with Crippen LogP contribution >= 0.6 is 0 Å². The summed E-state index contributed by atoms with van der Waals surface area (Å²) >= 11 is 0. The first-order valence-corrected chi connectivity index (χ1v) is 4.74. The van der Waals surface area contributed by atoms with Crippen LogP contribution in [0.5, 0.6) is 0 Å². The predicted octanol–water partition coefficient (Wildman–Crippen LogP) is 3.74.